The molecule has 3 aromatic rings. The van der Waals surface area contributed by atoms with Gasteiger partial charge in [-0.1, -0.05) is 22.8 Å². The van der Waals surface area contributed by atoms with Crippen molar-refractivity contribution in [3.05, 3.63) is 51.4 Å². The number of nitrogen functional groups attached to an aromatic ring is 1. The molecule has 0 saturated carbocycles. The van der Waals surface area contributed by atoms with Gasteiger partial charge in [0.25, 0.3) is 5.89 Å². The van der Waals surface area contributed by atoms with Gasteiger partial charge in [-0.05, 0) is 30.0 Å². The van der Waals surface area contributed by atoms with Crippen molar-refractivity contribution in [3.63, 3.8) is 0 Å². The molecule has 0 spiro atoms. The van der Waals surface area contributed by atoms with Crippen LogP contribution >= 0.6 is 22.9 Å². The highest BCUT2D eigenvalue weighted by Gasteiger charge is 2.17. The van der Waals surface area contributed by atoms with E-state index < -0.39 is 0 Å². The van der Waals surface area contributed by atoms with Crippen molar-refractivity contribution in [2.45, 2.75) is 13.3 Å². The van der Waals surface area contributed by atoms with Gasteiger partial charge in [0.05, 0.1) is 5.69 Å². The van der Waals surface area contributed by atoms with Crippen LogP contribution in [-0.2, 0) is 6.42 Å². The maximum Gasteiger partial charge on any atom is 0.270 e. The molecular formula is C14H11ClFN3OS. The van der Waals surface area contributed by atoms with Crippen LogP contribution in [-0.4, -0.2) is 10.1 Å². The van der Waals surface area contributed by atoms with Crippen LogP contribution in [0.1, 0.15) is 17.0 Å². The van der Waals surface area contributed by atoms with E-state index in [1.54, 1.807) is 12.1 Å². The summed E-state index contributed by atoms with van der Waals surface area (Å²) in [6.45, 7) is 1.91. The molecule has 0 aliphatic carbocycles. The van der Waals surface area contributed by atoms with E-state index in [4.69, 9.17) is 21.9 Å². The van der Waals surface area contributed by atoms with E-state index in [1.807, 2.05) is 12.3 Å². The number of halogens is 2. The van der Waals surface area contributed by atoms with Crippen LogP contribution in [0.25, 0.3) is 10.8 Å². The van der Waals surface area contributed by atoms with Crippen molar-refractivity contribution in [1.82, 2.24) is 10.1 Å². The number of benzene rings is 1. The second-order valence-electron chi connectivity index (χ2n) is 4.55. The van der Waals surface area contributed by atoms with Crippen molar-refractivity contribution in [2.24, 2.45) is 0 Å². The number of rotatable bonds is 3. The zero-order valence-electron chi connectivity index (χ0n) is 11.1. The zero-order valence-corrected chi connectivity index (χ0v) is 12.6. The van der Waals surface area contributed by atoms with Crippen LogP contribution in [0.2, 0.25) is 5.02 Å². The zero-order chi connectivity index (χ0) is 15.0. The molecule has 0 radical (unpaired) electrons. The summed E-state index contributed by atoms with van der Waals surface area (Å²) in [4.78, 5) is 4.99. The number of anilines is 1. The summed E-state index contributed by atoms with van der Waals surface area (Å²) in [5.74, 6) is 0.316. The minimum Gasteiger partial charge on any atom is -0.397 e. The van der Waals surface area contributed by atoms with Crippen molar-refractivity contribution >= 4 is 28.6 Å². The van der Waals surface area contributed by atoms with Gasteiger partial charge in [-0.15, -0.1) is 11.3 Å². The van der Waals surface area contributed by atoms with Gasteiger partial charge < -0.3 is 10.3 Å². The van der Waals surface area contributed by atoms with Gasteiger partial charge in [0.15, 0.2) is 5.82 Å². The maximum absolute atomic E-state index is 13.7. The van der Waals surface area contributed by atoms with Crippen molar-refractivity contribution in [2.75, 3.05) is 5.73 Å². The van der Waals surface area contributed by atoms with E-state index in [9.17, 15) is 4.39 Å². The van der Waals surface area contributed by atoms with Crippen LogP contribution in [0.15, 0.2) is 28.1 Å². The van der Waals surface area contributed by atoms with Gasteiger partial charge in [0.2, 0.25) is 0 Å². The molecule has 2 aromatic heterocycles. The summed E-state index contributed by atoms with van der Waals surface area (Å²) in [6.07, 6.45) is 0.166. The van der Waals surface area contributed by atoms with Gasteiger partial charge in [-0.2, -0.15) is 4.98 Å². The largest absolute Gasteiger partial charge is 0.397 e. The first-order chi connectivity index (χ1) is 10.1. The first-order valence-corrected chi connectivity index (χ1v) is 7.41. The summed E-state index contributed by atoms with van der Waals surface area (Å²) in [5, 5.41) is 6.12. The summed E-state index contributed by atoms with van der Waals surface area (Å²) in [6, 6.07) is 4.53. The lowest BCUT2D eigenvalue weighted by molar-refractivity contribution is 0.424. The summed E-state index contributed by atoms with van der Waals surface area (Å²) in [7, 11) is 0. The highest BCUT2D eigenvalue weighted by molar-refractivity contribution is 7.14. The molecule has 0 atom stereocenters. The lowest BCUT2D eigenvalue weighted by atomic mass is 10.1. The van der Waals surface area contributed by atoms with Crippen LogP contribution in [0.4, 0.5) is 10.1 Å². The molecule has 0 fully saturated rings. The van der Waals surface area contributed by atoms with E-state index in [0.29, 0.717) is 28.0 Å². The quantitative estimate of drug-likeness (QED) is 0.789. The second kappa shape index (κ2) is 5.46. The average molecular weight is 324 g/mol. The van der Waals surface area contributed by atoms with Gasteiger partial charge in [-0.25, -0.2) is 4.39 Å². The molecule has 0 amide bonds. The molecule has 108 valence electrons. The molecule has 1 aromatic carbocycles. The van der Waals surface area contributed by atoms with Crippen molar-refractivity contribution in [1.29, 1.82) is 0 Å². The number of aryl methyl sites for hydroxylation is 1. The molecule has 0 bridgehead atoms. The Morgan fingerprint density at radius 3 is 2.90 bits per heavy atom. The van der Waals surface area contributed by atoms with E-state index in [2.05, 4.69) is 10.1 Å². The molecule has 0 aliphatic heterocycles. The third kappa shape index (κ3) is 2.64. The number of aromatic nitrogens is 2. The molecular weight excluding hydrogens is 313 g/mol. The molecule has 2 N–H and O–H groups in total. The number of nitrogens with two attached hydrogens (primary N) is 1. The molecule has 0 unspecified atom stereocenters. The Kier molecular flexibility index (Phi) is 3.65. The fourth-order valence-corrected chi connectivity index (χ4v) is 3.02. The maximum atomic E-state index is 13.7. The molecule has 21 heavy (non-hydrogen) atoms. The number of hydrogen-bond donors (Lipinski definition) is 1. The van der Waals surface area contributed by atoms with E-state index in [0.717, 1.165) is 10.4 Å². The normalized spacial score (nSPS) is 11.0. The Balaban J connectivity index is 1.91. The highest BCUT2D eigenvalue weighted by Crippen LogP contribution is 2.33. The molecule has 0 aliphatic rings. The van der Waals surface area contributed by atoms with E-state index in [-0.39, 0.29) is 12.2 Å². The lowest BCUT2D eigenvalue weighted by Crippen LogP contribution is -1.96. The smallest absolute Gasteiger partial charge is 0.270 e. The number of hydrogen-bond acceptors (Lipinski definition) is 5. The van der Waals surface area contributed by atoms with Crippen LogP contribution in [0.3, 0.4) is 0 Å². The van der Waals surface area contributed by atoms with Crippen LogP contribution < -0.4 is 5.73 Å². The van der Waals surface area contributed by atoms with Crippen molar-refractivity contribution < 1.29 is 8.91 Å². The Hall–Kier alpha value is -1.92. The van der Waals surface area contributed by atoms with Gasteiger partial charge in [0.1, 0.15) is 10.7 Å². The summed E-state index contributed by atoms with van der Waals surface area (Å²) < 4.78 is 18.9. The lowest BCUT2D eigenvalue weighted by Gasteiger charge is -2.01. The van der Waals surface area contributed by atoms with E-state index >= 15 is 0 Å². The summed E-state index contributed by atoms with van der Waals surface area (Å²) >= 11 is 7.42. The average Bonchev–Trinajstić information content (AvgIpc) is 3.03. The van der Waals surface area contributed by atoms with Crippen molar-refractivity contribution in [3.8, 4) is 10.8 Å². The fraction of sp³-hybridized carbons (Fsp3) is 0.143. The highest BCUT2D eigenvalue weighted by atomic mass is 35.5. The molecule has 0 saturated heterocycles. The SMILES string of the molecule is Cc1csc(-c2nc(Cc3c(F)cccc3Cl)no2)c1N. The predicted octanol–water partition coefficient (Wildman–Crippen LogP) is 4.07. The standard InChI is InChI=1S/C14H11ClFN3OS/c1-7-6-21-13(12(7)17)14-18-11(19-20-14)5-8-9(15)3-2-4-10(8)16/h2-4,6H,5,17H2,1H3. The minimum atomic E-state index is -0.389. The molecule has 3 rings (SSSR count). The van der Waals surface area contributed by atoms with Gasteiger partial charge in [-0.3, -0.25) is 0 Å². The monoisotopic (exact) mass is 323 g/mol. The predicted molar refractivity (Wildman–Crippen MR) is 81.0 cm³/mol. The van der Waals surface area contributed by atoms with E-state index in [1.165, 1.54) is 17.4 Å². The fourth-order valence-electron chi connectivity index (χ4n) is 1.90. The number of nitrogens with zero attached hydrogens (tertiary/aromatic N) is 2. The minimum absolute atomic E-state index is 0.166. The first kappa shape index (κ1) is 14.0. The van der Waals surface area contributed by atoms with Gasteiger partial charge in [0, 0.05) is 17.0 Å². The summed E-state index contributed by atoms with van der Waals surface area (Å²) in [5.41, 5.74) is 7.88. The molecule has 2 heterocycles. The third-order valence-electron chi connectivity index (χ3n) is 3.08. The first-order valence-electron chi connectivity index (χ1n) is 6.15. The van der Waals surface area contributed by atoms with Crippen LogP contribution in [0.5, 0.6) is 0 Å². The Labute approximate surface area is 129 Å². The van der Waals surface area contributed by atoms with Crippen LogP contribution in [0, 0.1) is 12.7 Å². The number of thiophene rings is 1. The molecule has 4 nitrogen and oxygen atoms in total. The third-order valence-corrected chi connectivity index (χ3v) is 4.54. The second-order valence-corrected chi connectivity index (χ2v) is 5.84. The topological polar surface area (TPSA) is 64.9 Å². The molecule has 7 heteroatoms. The van der Waals surface area contributed by atoms with Gasteiger partial charge >= 0.3 is 0 Å². The Morgan fingerprint density at radius 2 is 2.24 bits per heavy atom. The Bertz CT molecular complexity index is 779. The Morgan fingerprint density at radius 1 is 1.43 bits per heavy atom.